The molecule has 0 saturated heterocycles. The molecule has 1 aromatic heterocycles. The molecule has 0 amide bonds. The molecule has 1 saturated carbocycles. The molecule has 26 heavy (non-hydrogen) atoms. The lowest BCUT2D eigenvalue weighted by Gasteiger charge is -2.08. The Balaban J connectivity index is 2.07. The third-order valence-electron chi connectivity index (χ3n) is 4.23. The topological polar surface area (TPSA) is 104 Å². The summed E-state index contributed by atoms with van der Waals surface area (Å²) in [4.78, 5) is 25.4. The van der Waals surface area contributed by atoms with Crippen molar-refractivity contribution in [3.8, 4) is 0 Å². The first kappa shape index (κ1) is 18.3. The van der Waals surface area contributed by atoms with Crippen LogP contribution in [0.1, 0.15) is 63.4 Å². The van der Waals surface area contributed by atoms with Gasteiger partial charge in [0.15, 0.2) is 21.4 Å². The maximum Gasteiger partial charge on any atom is 0.361 e. The molecule has 1 aliphatic rings. The summed E-state index contributed by atoms with van der Waals surface area (Å²) in [5.41, 5.74) is 0.773. The van der Waals surface area contributed by atoms with E-state index in [4.69, 9.17) is 9.26 Å². The zero-order valence-corrected chi connectivity index (χ0v) is 15.6. The average molecular weight is 377 g/mol. The predicted octanol–water partition coefficient (Wildman–Crippen LogP) is 2.67. The van der Waals surface area contributed by atoms with Gasteiger partial charge in [-0.15, -0.1) is 0 Å². The highest BCUT2D eigenvalue weighted by molar-refractivity contribution is 7.90. The highest BCUT2D eigenvalue weighted by atomic mass is 32.2. The molecule has 7 nitrogen and oxygen atoms in total. The lowest BCUT2D eigenvalue weighted by Crippen LogP contribution is -2.14. The summed E-state index contributed by atoms with van der Waals surface area (Å²) in [6.45, 7) is 3.46. The van der Waals surface area contributed by atoms with Gasteiger partial charge in [0.05, 0.1) is 11.5 Å². The Kier molecular flexibility index (Phi) is 4.70. The van der Waals surface area contributed by atoms with E-state index in [0.717, 1.165) is 19.1 Å². The number of carbonyl (C=O) groups is 2. The maximum absolute atomic E-state index is 13.1. The summed E-state index contributed by atoms with van der Waals surface area (Å²) in [6.07, 6.45) is 2.83. The van der Waals surface area contributed by atoms with E-state index in [2.05, 4.69) is 5.16 Å². The van der Waals surface area contributed by atoms with Gasteiger partial charge >= 0.3 is 5.97 Å². The van der Waals surface area contributed by atoms with Gasteiger partial charge in [-0.25, -0.2) is 13.2 Å². The fraction of sp³-hybridized carbons (Fsp3) is 0.389. The van der Waals surface area contributed by atoms with Crippen molar-refractivity contribution in [1.82, 2.24) is 5.16 Å². The second-order valence-corrected chi connectivity index (χ2v) is 8.36. The van der Waals surface area contributed by atoms with Crippen LogP contribution >= 0.6 is 0 Å². The Hall–Kier alpha value is -2.48. The molecule has 2 aromatic rings. The van der Waals surface area contributed by atoms with Gasteiger partial charge in [0.25, 0.3) is 0 Å². The number of hydrogen-bond donors (Lipinski definition) is 0. The molecular weight excluding hydrogens is 358 g/mol. The van der Waals surface area contributed by atoms with Crippen LogP contribution in [0.25, 0.3) is 0 Å². The highest BCUT2D eigenvalue weighted by Gasteiger charge is 2.37. The minimum atomic E-state index is -3.38. The van der Waals surface area contributed by atoms with Crippen molar-refractivity contribution in [3.05, 3.63) is 46.3 Å². The normalized spacial score (nSPS) is 14.3. The van der Waals surface area contributed by atoms with Crippen molar-refractivity contribution >= 4 is 21.6 Å². The number of rotatable bonds is 6. The van der Waals surface area contributed by atoms with Gasteiger partial charge in [0, 0.05) is 17.7 Å². The largest absolute Gasteiger partial charge is 0.461 e. The van der Waals surface area contributed by atoms with Crippen LogP contribution in [0.15, 0.2) is 27.6 Å². The predicted molar refractivity (Wildman–Crippen MR) is 92.2 cm³/mol. The smallest absolute Gasteiger partial charge is 0.361 e. The van der Waals surface area contributed by atoms with Crippen LogP contribution < -0.4 is 0 Å². The standard InChI is InChI=1S/C18H19NO6S/c1-4-24-18(21)15-14(17(25-19-15)11-5-6-11)16(20)13-8-7-12(9-10(13)2)26(3,22)23/h7-9,11H,4-6H2,1-3H3. The molecule has 1 heterocycles. The van der Waals surface area contributed by atoms with Gasteiger partial charge in [-0.2, -0.15) is 0 Å². The fourth-order valence-electron chi connectivity index (χ4n) is 2.74. The van der Waals surface area contributed by atoms with Crippen molar-refractivity contribution in [1.29, 1.82) is 0 Å². The number of hydrogen-bond acceptors (Lipinski definition) is 7. The second kappa shape index (κ2) is 6.68. The van der Waals surface area contributed by atoms with Crippen LogP contribution in [0.5, 0.6) is 0 Å². The van der Waals surface area contributed by atoms with Gasteiger partial charge in [0.2, 0.25) is 5.69 Å². The van der Waals surface area contributed by atoms with Gasteiger partial charge in [-0.3, -0.25) is 4.79 Å². The molecule has 0 aliphatic heterocycles. The summed E-state index contributed by atoms with van der Waals surface area (Å²) >= 11 is 0. The van der Waals surface area contributed by atoms with Crippen molar-refractivity contribution in [2.75, 3.05) is 12.9 Å². The van der Waals surface area contributed by atoms with E-state index in [0.29, 0.717) is 16.9 Å². The van der Waals surface area contributed by atoms with E-state index in [-0.39, 0.29) is 28.7 Å². The number of ether oxygens (including phenoxy) is 1. The van der Waals surface area contributed by atoms with Gasteiger partial charge < -0.3 is 9.26 Å². The van der Waals surface area contributed by atoms with E-state index < -0.39 is 21.6 Å². The molecule has 8 heteroatoms. The van der Waals surface area contributed by atoms with Gasteiger partial charge in [-0.1, -0.05) is 5.16 Å². The number of carbonyl (C=O) groups excluding carboxylic acids is 2. The summed E-state index contributed by atoms with van der Waals surface area (Å²) < 4.78 is 33.6. The molecule has 1 aromatic carbocycles. The zero-order valence-electron chi connectivity index (χ0n) is 14.7. The number of sulfone groups is 1. The number of ketones is 1. The molecule has 0 bridgehead atoms. The van der Waals surface area contributed by atoms with Crippen molar-refractivity contribution < 1.29 is 27.3 Å². The fourth-order valence-corrected chi connectivity index (χ4v) is 3.45. The summed E-state index contributed by atoms with van der Waals surface area (Å²) in [5, 5.41) is 3.76. The number of aryl methyl sites for hydroxylation is 1. The number of benzene rings is 1. The Morgan fingerprint density at radius 2 is 2.00 bits per heavy atom. The van der Waals surface area contributed by atoms with Crippen LogP contribution in [-0.4, -0.2) is 38.2 Å². The van der Waals surface area contributed by atoms with Gasteiger partial charge in [-0.05, 0) is 50.5 Å². The SMILES string of the molecule is CCOC(=O)c1noc(C2CC2)c1C(=O)c1ccc(S(C)(=O)=O)cc1C. The second-order valence-electron chi connectivity index (χ2n) is 6.34. The van der Waals surface area contributed by atoms with Crippen LogP contribution in [0.4, 0.5) is 0 Å². The van der Waals surface area contributed by atoms with Crippen molar-refractivity contribution in [3.63, 3.8) is 0 Å². The van der Waals surface area contributed by atoms with E-state index in [1.54, 1.807) is 13.8 Å². The molecule has 0 atom stereocenters. The third-order valence-corrected chi connectivity index (χ3v) is 5.34. The molecule has 0 unspecified atom stereocenters. The Morgan fingerprint density at radius 1 is 1.31 bits per heavy atom. The monoisotopic (exact) mass is 377 g/mol. The van der Waals surface area contributed by atoms with Crippen LogP contribution in [-0.2, 0) is 14.6 Å². The van der Waals surface area contributed by atoms with E-state index in [9.17, 15) is 18.0 Å². The first-order valence-corrected chi connectivity index (χ1v) is 10.1. The molecule has 138 valence electrons. The molecule has 0 spiro atoms. The minimum absolute atomic E-state index is 0.0697. The van der Waals surface area contributed by atoms with E-state index >= 15 is 0 Å². The first-order chi connectivity index (χ1) is 12.2. The summed E-state index contributed by atoms with van der Waals surface area (Å²) in [5.74, 6) is -0.671. The average Bonchev–Trinajstić information content (AvgIpc) is 3.31. The third kappa shape index (κ3) is 3.41. The first-order valence-electron chi connectivity index (χ1n) is 8.26. The molecule has 0 radical (unpaired) electrons. The molecule has 3 rings (SSSR count). The molecule has 1 fully saturated rings. The summed E-state index contributed by atoms with van der Waals surface area (Å²) in [6, 6.07) is 4.27. The van der Waals surface area contributed by atoms with Crippen LogP contribution in [0, 0.1) is 6.92 Å². The molecule has 0 N–H and O–H groups in total. The summed E-state index contributed by atoms with van der Waals surface area (Å²) in [7, 11) is -3.38. The van der Waals surface area contributed by atoms with Gasteiger partial charge in [0.1, 0.15) is 5.56 Å². The maximum atomic E-state index is 13.1. The number of nitrogens with zero attached hydrogens (tertiary/aromatic N) is 1. The highest BCUT2D eigenvalue weighted by Crippen LogP contribution is 2.43. The minimum Gasteiger partial charge on any atom is -0.461 e. The van der Waals surface area contributed by atoms with Crippen LogP contribution in [0.2, 0.25) is 0 Å². The lowest BCUT2D eigenvalue weighted by atomic mass is 9.96. The lowest BCUT2D eigenvalue weighted by molar-refractivity contribution is 0.0512. The van der Waals surface area contributed by atoms with E-state index in [1.807, 2.05) is 0 Å². The Labute approximate surface area is 151 Å². The Bertz CT molecular complexity index is 985. The van der Waals surface area contributed by atoms with Crippen molar-refractivity contribution in [2.24, 2.45) is 0 Å². The molecular formula is C18H19NO6S. The van der Waals surface area contributed by atoms with E-state index in [1.165, 1.54) is 18.2 Å². The molecule has 1 aliphatic carbocycles. The number of esters is 1. The number of aromatic nitrogens is 1. The van der Waals surface area contributed by atoms with Crippen molar-refractivity contribution in [2.45, 2.75) is 37.5 Å². The Morgan fingerprint density at radius 3 is 2.54 bits per heavy atom. The quantitative estimate of drug-likeness (QED) is 0.563. The van der Waals surface area contributed by atoms with Crippen LogP contribution in [0.3, 0.4) is 0 Å². The zero-order chi connectivity index (χ0) is 19.1.